The molecule has 0 bridgehead atoms. The summed E-state index contributed by atoms with van der Waals surface area (Å²) >= 11 is 0. The van der Waals surface area contributed by atoms with E-state index in [2.05, 4.69) is 193 Å². The number of nitrogens with zero attached hydrogens (tertiary/aromatic N) is 2. The molecule has 0 unspecified atom stereocenters. The second-order valence-electron chi connectivity index (χ2n) is 15.3. The van der Waals surface area contributed by atoms with Gasteiger partial charge in [-0.25, -0.2) is 4.98 Å². The minimum Gasteiger partial charge on any atom is -0.319 e. The van der Waals surface area contributed by atoms with E-state index in [0.29, 0.717) is 0 Å². The van der Waals surface area contributed by atoms with Crippen LogP contribution < -0.4 is 5.30 Å². The van der Waals surface area contributed by atoms with Crippen molar-refractivity contribution >= 4 is 77.5 Å². The molecule has 0 aliphatic carbocycles. The van der Waals surface area contributed by atoms with Gasteiger partial charge in [-0.15, -0.1) is 0 Å². The summed E-state index contributed by atoms with van der Waals surface area (Å²) in [6.45, 7) is 3.76. The highest BCUT2D eigenvalue weighted by Crippen LogP contribution is 2.47. The molecule has 0 aliphatic heterocycles. The lowest BCUT2D eigenvalue weighted by Gasteiger charge is -2.19. The van der Waals surface area contributed by atoms with Gasteiger partial charge in [-0.3, -0.25) is 0 Å². The van der Waals surface area contributed by atoms with E-state index in [-0.39, 0.29) is 0 Å². The molecule has 9 aromatic carbocycles. The number of pyridine rings is 1. The van der Waals surface area contributed by atoms with Crippen LogP contribution in [0.25, 0.3) is 104 Å². The van der Waals surface area contributed by atoms with Gasteiger partial charge < -0.3 is 9.13 Å². The van der Waals surface area contributed by atoms with Crippen LogP contribution >= 0.6 is 7.14 Å². The van der Waals surface area contributed by atoms with Gasteiger partial charge in [-0.2, -0.15) is 0 Å². The Labute approximate surface area is 330 Å². The smallest absolute Gasteiger partial charge is 0.111 e. The van der Waals surface area contributed by atoms with E-state index in [0.717, 1.165) is 87.9 Å². The second-order valence-corrected chi connectivity index (χ2v) is 18.5. The third-order valence-electron chi connectivity index (χ3n) is 11.6. The summed E-state index contributed by atoms with van der Waals surface area (Å²) in [5.41, 5.74) is 11.0. The van der Waals surface area contributed by atoms with Gasteiger partial charge >= 0.3 is 0 Å². The zero-order valence-electron chi connectivity index (χ0n) is 31.6. The van der Waals surface area contributed by atoms with Crippen LogP contribution in [-0.2, 0) is 4.57 Å². The fraction of sp³-hybridized carbons (Fsp3) is 0.0377. The molecule has 0 N–H and O–H groups in total. The van der Waals surface area contributed by atoms with Crippen molar-refractivity contribution in [1.82, 2.24) is 9.55 Å². The SMILES string of the molecule is CP(C)(=O)c1c2ccccc2c(-c2ccc(-c3cccc4c3nc(-c3ccccc3)c3c4ccc4c3c3ccccc3n4-c3ccccc3)cc2)c2ccccc12. The Bertz CT molecular complexity index is 3380. The number of fused-ring (bicyclic) bond motifs is 9. The summed E-state index contributed by atoms with van der Waals surface area (Å²) in [7, 11) is -2.58. The summed E-state index contributed by atoms with van der Waals surface area (Å²) in [6, 6.07) is 67.0. The maximum Gasteiger partial charge on any atom is 0.111 e. The fourth-order valence-electron chi connectivity index (χ4n) is 9.29. The molecule has 0 spiro atoms. The van der Waals surface area contributed by atoms with Crippen molar-refractivity contribution in [3.05, 3.63) is 188 Å². The molecule has 0 atom stereocenters. The molecule has 2 heterocycles. The van der Waals surface area contributed by atoms with Gasteiger partial charge in [-0.1, -0.05) is 164 Å². The molecule has 270 valence electrons. The summed E-state index contributed by atoms with van der Waals surface area (Å²) < 4.78 is 16.2. The first-order valence-corrected chi connectivity index (χ1v) is 22.0. The summed E-state index contributed by atoms with van der Waals surface area (Å²) in [6.07, 6.45) is 0. The first-order valence-electron chi connectivity index (χ1n) is 19.4. The zero-order valence-corrected chi connectivity index (χ0v) is 32.5. The second kappa shape index (κ2) is 12.9. The Morgan fingerprint density at radius 1 is 0.421 bits per heavy atom. The first kappa shape index (κ1) is 33.5. The molecule has 2 aromatic heterocycles. The maximum atomic E-state index is 13.8. The minimum atomic E-state index is -2.58. The Hall–Kier alpha value is -6.80. The van der Waals surface area contributed by atoms with Crippen LogP contribution in [0.3, 0.4) is 0 Å². The number of hydrogen-bond donors (Lipinski definition) is 0. The van der Waals surface area contributed by atoms with Crippen molar-refractivity contribution in [2.75, 3.05) is 13.3 Å². The third-order valence-corrected chi connectivity index (χ3v) is 13.2. The predicted octanol–water partition coefficient (Wildman–Crippen LogP) is 14.0. The summed E-state index contributed by atoms with van der Waals surface area (Å²) in [4.78, 5) is 5.65. The molecular weight excluding hydrogens is 712 g/mol. The standard InChI is InChI=1S/C53H37N2OP/c1-57(2,56)53-43-22-11-9-20-39(43)48(40-21-10-12-23-44(40)53)35-30-28-34(29-31-35)38-25-15-26-42-41-32-33-47-49(50(41)51(54-52(38)42)36-16-5-3-6-17-36)45-24-13-14-27-46(45)55(47)37-18-7-4-8-19-37/h3-33H,1-2H3. The van der Waals surface area contributed by atoms with Crippen LogP contribution in [0.15, 0.2) is 188 Å². The number of aromatic nitrogens is 2. The van der Waals surface area contributed by atoms with E-state index in [1.807, 2.05) is 13.3 Å². The fourth-order valence-corrected chi connectivity index (χ4v) is 10.8. The van der Waals surface area contributed by atoms with Gasteiger partial charge in [0.1, 0.15) is 7.14 Å². The number of rotatable bonds is 5. The quantitative estimate of drug-likeness (QED) is 0.0998. The number of benzene rings is 9. The Balaban J connectivity index is 1.16. The molecule has 0 radical (unpaired) electrons. The molecule has 0 saturated carbocycles. The third kappa shape index (κ3) is 5.20. The van der Waals surface area contributed by atoms with Gasteiger partial charge in [0.15, 0.2) is 0 Å². The molecular formula is C53H37N2OP. The number of para-hydroxylation sites is 3. The van der Waals surface area contributed by atoms with Crippen LogP contribution in [0.5, 0.6) is 0 Å². The lowest BCUT2D eigenvalue weighted by Crippen LogP contribution is -2.08. The summed E-state index contributed by atoms with van der Waals surface area (Å²) in [5, 5.41) is 11.2. The average molecular weight is 749 g/mol. The average Bonchev–Trinajstić information content (AvgIpc) is 3.60. The van der Waals surface area contributed by atoms with Gasteiger partial charge in [0.25, 0.3) is 0 Å². The Morgan fingerprint density at radius 3 is 1.65 bits per heavy atom. The van der Waals surface area contributed by atoms with Crippen molar-refractivity contribution < 1.29 is 4.57 Å². The van der Waals surface area contributed by atoms with E-state index in [1.165, 1.54) is 21.7 Å². The van der Waals surface area contributed by atoms with Crippen LogP contribution in [0.1, 0.15) is 0 Å². The van der Waals surface area contributed by atoms with E-state index >= 15 is 0 Å². The van der Waals surface area contributed by atoms with Crippen molar-refractivity contribution in [3.8, 4) is 39.2 Å². The van der Waals surface area contributed by atoms with Crippen molar-refractivity contribution in [3.63, 3.8) is 0 Å². The Kier molecular flexibility index (Phi) is 7.58. The van der Waals surface area contributed by atoms with E-state index in [9.17, 15) is 4.57 Å². The van der Waals surface area contributed by atoms with Crippen LogP contribution in [0, 0.1) is 0 Å². The molecule has 11 aromatic rings. The lowest BCUT2D eigenvalue weighted by atomic mass is 9.90. The van der Waals surface area contributed by atoms with Crippen molar-refractivity contribution in [2.45, 2.75) is 0 Å². The highest BCUT2D eigenvalue weighted by Gasteiger charge is 2.24. The van der Waals surface area contributed by atoms with Crippen LogP contribution in [-0.4, -0.2) is 22.9 Å². The van der Waals surface area contributed by atoms with E-state index in [1.54, 1.807) is 0 Å². The van der Waals surface area contributed by atoms with Crippen molar-refractivity contribution in [2.24, 2.45) is 0 Å². The molecule has 3 nitrogen and oxygen atoms in total. The lowest BCUT2D eigenvalue weighted by molar-refractivity contribution is 0.588. The highest BCUT2D eigenvalue weighted by atomic mass is 31.2. The topological polar surface area (TPSA) is 34.9 Å². The predicted molar refractivity (Wildman–Crippen MR) is 244 cm³/mol. The van der Waals surface area contributed by atoms with Crippen LogP contribution in [0.2, 0.25) is 0 Å². The molecule has 0 saturated heterocycles. The molecule has 11 rings (SSSR count). The summed E-state index contributed by atoms with van der Waals surface area (Å²) in [5.74, 6) is 0. The minimum absolute atomic E-state index is 0.958. The normalized spacial score (nSPS) is 12.1. The van der Waals surface area contributed by atoms with Gasteiger partial charge in [0.05, 0.1) is 22.2 Å². The molecule has 4 heteroatoms. The largest absolute Gasteiger partial charge is 0.319 e. The molecule has 57 heavy (non-hydrogen) atoms. The van der Waals surface area contributed by atoms with Gasteiger partial charge in [0.2, 0.25) is 0 Å². The molecule has 0 amide bonds. The highest BCUT2D eigenvalue weighted by molar-refractivity contribution is 7.71. The van der Waals surface area contributed by atoms with Crippen LogP contribution in [0.4, 0.5) is 0 Å². The van der Waals surface area contributed by atoms with Gasteiger partial charge in [-0.05, 0) is 81.2 Å². The zero-order chi connectivity index (χ0) is 38.3. The monoisotopic (exact) mass is 748 g/mol. The molecule has 0 aliphatic rings. The van der Waals surface area contributed by atoms with E-state index in [4.69, 9.17) is 4.98 Å². The molecule has 0 fully saturated rings. The van der Waals surface area contributed by atoms with E-state index < -0.39 is 7.14 Å². The van der Waals surface area contributed by atoms with Crippen molar-refractivity contribution in [1.29, 1.82) is 0 Å². The van der Waals surface area contributed by atoms with Gasteiger partial charge in [0, 0.05) is 43.7 Å². The first-order chi connectivity index (χ1) is 28.0. The number of hydrogen-bond acceptors (Lipinski definition) is 2. The maximum absolute atomic E-state index is 13.8. The Morgan fingerprint density at radius 2 is 0.982 bits per heavy atom.